The molecule has 14 heavy (non-hydrogen) atoms. The Morgan fingerprint density at radius 2 is 2.21 bits per heavy atom. The summed E-state index contributed by atoms with van der Waals surface area (Å²) in [5.74, 6) is 2.07. The van der Waals surface area contributed by atoms with Crippen LogP contribution in [-0.2, 0) is 0 Å². The third kappa shape index (κ3) is 2.93. The topological polar surface area (TPSA) is 37.8 Å². The zero-order valence-corrected chi connectivity index (χ0v) is 9.96. The summed E-state index contributed by atoms with van der Waals surface area (Å²) < 4.78 is 1.13. The van der Waals surface area contributed by atoms with Gasteiger partial charge in [0.15, 0.2) is 4.34 Å². The molecule has 5 heteroatoms. The molecule has 0 unspecified atom stereocenters. The molecule has 0 bridgehead atoms. The van der Waals surface area contributed by atoms with Crippen molar-refractivity contribution in [3.8, 4) is 0 Å². The van der Waals surface area contributed by atoms with E-state index in [4.69, 9.17) is 0 Å². The van der Waals surface area contributed by atoms with Gasteiger partial charge in [-0.25, -0.2) is 0 Å². The molecule has 1 aliphatic rings. The average molecular weight is 229 g/mol. The van der Waals surface area contributed by atoms with E-state index in [9.17, 15) is 0 Å². The highest BCUT2D eigenvalue weighted by Gasteiger charge is 2.14. The van der Waals surface area contributed by atoms with E-state index in [0.717, 1.165) is 15.3 Å². The highest BCUT2D eigenvalue weighted by Crippen LogP contribution is 2.26. The van der Waals surface area contributed by atoms with Crippen molar-refractivity contribution in [2.45, 2.75) is 24.1 Å². The number of thioether (sulfide) groups is 1. The van der Waals surface area contributed by atoms with Gasteiger partial charge in [0.05, 0.1) is 0 Å². The SMILES string of the molecule is Cc1nnc(SCC2CCNCC2)s1. The van der Waals surface area contributed by atoms with Gasteiger partial charge in [-0.2, -0.15) is 0 Å². The smallest absolute Gasteiger partial charge is 0.174 e. The summed E-state index contributed by atoms with van der Waals surface area (Å²) in [5.41, 5.74) is 0. The van der Waals surface area contributed by atoms with Crippen LogP contribution in [-0.4, -0.2) is 29.0 Å². The van der Waals surface area contributed by atoms with Gasteiger partial charge >= 0.3 is 0 Å². The minimum atomic E-state index is 0.866. The first-order valence-corrected chi connectivity index (χ1v) is 6.78. The van der Waals surface area contributed by atoms with Gasteiger partial charge in [0.1, 0.15) is 5.01 Å². The van der Waals surface area contributed by atoms with Gasteiger partial charge in [0, 0.05) is 5.75 Å². The molecule has 1 aromatic heterocycles. The van der Waals surface area contributed by atoms with Crippen LogP contribution >= 0.6 is 23.1 Å². The third-order valence-corrected chi connectivity index (χ3v) is 4.61. The Hall–Kier alpha value is -0.130. The Morgan fingerprint density at radius 1 is 1.43 bits per heavy atom. The van der Waals surface area contributed by atoms with Gasteiger partial charge < -0.3 is 5.32 Å². The Bertz CT molecular complexity index is 281. The van der Waals surface area contributed by atoms with Crippen molar-refractivity contribution in [1.29, 1.82) is 0 Å². The molecule has 1 aromatic rings. The Balaban J connectivity index is 1.76. The number of hydrogen-bond donors (Lipinski definition) is 1. The van der Waals surface area contributed by atoms with E-state index in [1.165, 1.54) is 31.7 Å². The lowest BCUT2D eigenvalue weighted by Crippen LogP contribution is -2.28. The van der Waals surface area contributed by atoms with Gasteiger partial charge in [-0.3, -0.25) is 0 Å². The Labute approximate surface area is 92.7 Å². The molecule has 0 radical (unpaired) electrons. The molecule has 0 aliphatic carbocycles. The molecule has 0 amide bonds. The highest BCUT2D eigenvalue weighted by atomic mass is 32.2. The maximum atomic E-state index is 4.12. The number of nitrogens with one attached hydrogen (secondary N) is 1. The van der Waals surface area contributed by atoms with Crippen LogP contribution in [0.4, 0.5) is 0 Å². The summed E-state index contributed by atoms with van der Waals surface area (Å²) >= 11 is 3.57. The van der Waals surface area contributed by atoms with E-state index in [1.54, 1.807) is 11.3 Å². The molecule has 0 saturated carbocycles. The third-order valence-electron chi connectivity index (χ3n) is 2.41. The molecule has 0 aromatic carbocycles. The lowest BCUT2D eigenvalue weighted by atomic mass is 10.0. The summed E-state index contributed by atoms with van der Waals surface area (Å²) in [4.78, 5) is 0. The Kier molecular flexibility index (Phi) is 3.78. The van der Waals surface area contributed by atoms with Gasteiger partial charge in [0.2, 0.25) is 0 Å². The zero-order valence-electron chi connectivity index (χ0n) is 8.32. The van der Waals surface area contributed by atoms with Crippen molar-refractivity contribution in [3.05, 3.63) is 5.01 Å². The Morgan fingerprint density at radius 3 is 2.86 bits per heavy atom. The first-order valence-electron chi connectivity index (χ1n) is 4.98. The van der Waals surface area contributed by atoms with Crippen LogP contribution in [0.1, 0.15) is 17.8 Å². The second-order valence-corrected chi connectivity index (χ2v) is 6.04. The summed E-state index contributed by atoms with van der Waals surface area (Å²) in [6.45, 7) is 4.37. The molecule has 1 saturated heterocycles. The van der Waals surface area contributed by atoms with Crippen LogP contribution in [0.25, 0.3) is 0 Å². The number of nitrogens with zero attached hydrogens (tertiary/aromatic N) is 2. The molecule has 2 rings (SSSR count). The van der Waals surface area contributed by atoms with E-state index in [-0.39, 0.29) is 0 Å². The first-order chi connectivity index (χ1) is 6.84. The van der Waals surface area contributed by atoms with Crippen LogP contribution in [0.5, 0.6) is 0 Å². The van der Waals surface area contributed by atoms with Crippen LogP contribution in [0.15, 0.2) is 4.34 Å². The van der Waals surface area contributed by atoms with Crippen LogP contribution in [0, 0.1) is 12.8 Å². The number of piperidine rings is 1. The second-order valence-electron chi connectivity index (χ2n) is 3.59. The fourth-order valence-electron chi connectivity index (χ4n) is 1.57. The maximum absolute atomic E-state index is 4.12. The summed E-state index contributed by atoms with van der Waals surface area (Å²) in [7, 11) is 0. The molecule has 1 N–H and O–H groups in total. The number of aryl methyl sites for hydroxylation is 1. The predicted octanol–water partition coefficient (Wildman–Crippen LogP) is 1.94. The first kappa shape index (κ1) is 10.4. The summed E-state index contributed by atoms with van der Waals surface area (Å²) in [6.07, 6.45) is 2.62. The predicted molar refractivity (Wildman–Crippen MR) is 61.0 cm³/mol. The molecular formula is C9H15N3S2. The molecule has 1 aliphatic heterocycles. The minimum absolute atomic E-state index is 0.866. The van der Waals surface area contributed by atoms with E-state index in [1.807, 2.05) is 18.7 Å². The molecule has 0 atom stereocenters. The molecule has 2 heterocycles. The van der Waals surface area contributed by atoms with Crippen LogP contribution in [0.2, 0.25) is 0 Å². The van der Waals surface area contributed by atoms with Crippen molar-refractivity contribution in [2.75, 3.05) is 18.8 Å². The van der Waals surface area contributed by atoms with Crippen molar-refractivity contribution in [1.82, 2.24) is 15.5 Å². The molecule has 0 spiro atoms. The highest BCUT2D eigenvalue weighted by molar-refractivity contribution is 8.01. The van der Waals surface area contributed by atoms with E-state index in [0.29, 0.717) is 0 Å². The fraction of sp³-hybridized carbons (Fsp3) is 0.778. The lowest BCUT2D eigenvalue weighted by Gasteiger charge is -2.21. The monoisotopic (exact) mass is 229 g/mol. The molecule has 3 nitrogen and oxygen atoms in total. The zero-order chi connectivity index (χ0) is 9.80. The van der Waals surface area contributed by atoms with E-state index in [2.05, 4.69) is 15.5 Å². The number of hydrogen-bond acceptors (Lipinski definition) is 5. The standard InChI is InChI=1S/C9H15N3S2/c1-7-11-12-9(14-7)13-6-8-2-4-10-5-3-8/h8,10H,2-6H2,1H3. The second kappa shape index (κ2) is 5.09. The molecule has 1 fully saturated rings. The quantitative estimate of drug-likeness (QED) is 0.804. The lowest BCUT2D eigenvalue weighted by molar-refractivity contribution is 0.408. The average Bonchev–Trinajstić information content (AvgIpc) is 2.63. The van der Waals surface area contributed by atoms with Gasteiger partial charge in [-0.1, -0.05) is 23.1 Å². The molecule has 78 valence electrons. The van der Waals surface area contributed by atoms with Crippen molar-refractivity contribution >= 4 is 23.1 Å². The van der Waals surface area contributed by atoms with Crippen molar-refractivity contribution in [3.63, 3.8) is 0 Å². The van der Waals surface area contributed by atoms with E-state index >= 15 is 0 Å². The van der Waals surface area contributed by atoms with Gasteiger partial charge in [-0.05, 0) is 38.8 Å². The van der Waals surface area contributed by atoms with Crippen LogP contribution < -0.4 is 5.32 Å². The number of aromatic nitrogens is 2. The van der Waals surface area contributed by atoms with E-state index < -0.39 is 0 Å². The maximum Gasteiger partial charge on any atom is 0.174 e. The summed E-state index contributed by atoms with van der Waals surface area (Å²) in [6, 6.07) is 0. The van der Waals surface area contributed by atoms with Crippen molar-refractivity contribution < 1.29 is 0 Å². The van der Waals surface area contributed by atoms with Gasteiger partial charge in [-0.15, -0.1) is 10.2 Å². The normalized spacial score (nSPS) is 18.6. The van der Waals surface area contributed by atoms with Crippen molar-refractivity contribution in [2.24, 2.45) is 5.92 Å². The number of rotatable bonds is 3. The van der Waals surface area contributed by atoms with Crippen LogP contribution in [0.3, 0.4) is 0 Å². The summed E-state index contributed by atoms with van der Waals surface area (Å²) in [5, 5.41) is 12.6. The fourth-order valence-corrected chi connectivity index (χ4v) is 3.60. The minimum Gasteiger partial charge on any atom is -0.317 e. The van der Waals surface area contributed by atoms with Gasteiger partial charge in [0.25, 0.3) is 0 Å². The molecular weight excluding hydrogens is 214 g/mol. The largest absolute Gasteiger partial charge is 0.317 e.